The van der Waals surface area contributed by atoms with Crippen LogP contribution in [0, 0.1) is 13.8 Å². The van der Waals surface area contributed by atoms with Crippen molar-refractivity contribution in [1.29, 1.82) is 0 Å². The van der Waals surface area contributed by atoms with Crippen LogP contribution in [0.1, 0.15) is 24.0 Å². The molecule has 0 saturated heterocycles. The van der Waals surface area contributed by atoms with Gasteiger partial charge < -0.3 is 9.47 Å². The van der Waals surface area contributed by atoms with Crippen molar-refractivity contribution >= 4 is 23.5 Å². The summed E-state index contributed by atoms with van der Waals surface area (Å²) in [7, 11) is 0. The Morgan fingerprint density at radius 2 is 1.63 bits per heavy atom. The second-order valence-electron chi connectivity index (χ2n) is 4.21. The van der Waals surface area contributed by atoms with E-state index in [-0.39, 0.29) is 25.3 Å². The van der Waals surface area contributed by atoms with E-state index in [4.69, 9.17) is 21.1 Å². The van der Waals surface area contributed by atoms with E-state index in [2.05, 4.69) is 0 Å². The number of benzene rings is 1. The number of hydrogen-bond donors (Lipinski definition) is 0. The molecule has 0 saturated carbocycles. The molecule has 104 valence electrons. The lowest BCUT2D eigenvalue weighted by Gasteiger charge is -2.06. The Balaban J connectivity index is 2.40. The maximum Gasteiger partial charge on any atom is 0.311 e. The molecule has 0 fully saturated rings. The van der Waals surface area contributed by atoms with Crippen LogP contribution in [0.4, 0.5) is 0 Å². The van der Waals surface area contributed by atoms with Crippen LogP contribution in [0.15, 0.2) is 18.2 Å². The molecule has 0 aliphatic heterocycles. The molecule has 0 aliphatic carbocycles. The predicted molar refractivity (Wildman–Crippen MR) is 72.5 cm³/mol. The van der Waals surface area contributed by atoms with E-state index in [0.29, 0.717) is 5.75 Å². The Bertz CT molecular complexity index is 437. The monoisotopic (exact) mass is 284 g/mol. The lowest BCUT2D eigenvalue weighted by Crippen LogP contribution is -2.13. The number of hydrogen-bond acceptors (Lipinski definition) is 4. The molecule has 0 atom stereocenters. The smallest absolute Gasteiger partial charge is 0.311 e. The molecule has 4 nitrogen and oxygen atoms in total. The number of ether oxygens (including phenoxy) is 2. The topological polar surface area (TPSA) is 52.6 Å². The second kappa shape index (κ2) is 7.79. The first kappa shape index (κ1) is 15.5. The zero-order valence-electron chi connectivity index (χ0n) is 11.1. The number of rotatable bonds is 6. The summed E-state index contributed by atoms with van der Waals surface area (Å²) in [6.45, 7) is 4.01. The summed E-state index contributed by atoms with van der Waals surface area (Å²) in [4.78, 5) is 22.7. The average molecular weight is 285 g/mol. The highest BCUT2D eigenvalue weighted by atomic mass is 35.5. The molecule has 0 heterocycles. The van der Waals surface area contributed by atoms with Crippen LogP contribution in [0.3, 0.4) is 0 Å². The van der Waals surface area contributed by atoms with Gasteiger partial charge in [0.05, 0.1) is 18.7 Å². The Morgan fingerprint density at radius 1 is 1.05 bits per heavy atom. The van der Waals surface area contributed by atoms with Crippen molar-refractivity contribution in [2.75, 3.05) is 12.5 Å². The molecule has 1 aromatic carbocycles. The van der Waals surface area contributed by atoms with Gasteiger partial charge in [-0.2, -0.15) is 0 Å². The number of aryl methyl sites for hydroxylation is 2. The van der Waals surface area contributed by atoms with E-state index in [1.165, 1.54) is 0 Å². The van der Waals surface area contributed by atoms with Crippen LogP contribution in [-0.2, 0) is 14.3 Å². The van der Waals surface area contributed by atoms with E-state index in [9.17, 15) is 9.59 Å². The third-order valence-corrected chi connectivity index (χ3v) is 2.45. The van der Waals surface area contributed by atoms with Gasteiger partial charge in [0.2, 0.25) is 0 Å². The summed E-state index contributed by atoms with van der Waals surface area (Å²) < 4.78 is 9.91. The lowest BCUT2D eigenvalue weighted by molar-refractivity contribution is -0.146. The molecule has 0 N–H and O–H groups in total. The third kappa shape index (κ3) is 6.25. The van der Waals surface area contributed by atoms with Crippen molar-refractivity contribution in [1.82, 2.24) is 0 Å². The van der Waals surface area contributed by atoms with Crippen molar-refractivity contribution in [2.24, 2.45) is 0 Å². The minimum Gasteiger partial charge on any atom is -0.464 e. The number of esters is 2. The molecular weight excluding hydrogens is 268 g/mol. The van der Waals surface area contributed by atoms with Crippen LogP contribution in [0.5, 0.6) is 5.75 Å². The number of carbonyl (C=O) groups excluding carboxylic acids is 2. The first-order valence-corrected chi connectivity index (χ1v) is 6.55. The van der Waals surface area contributed by atoms with Crippen LogP contribution >= 0.6 is 11.6 Å². The Morgan fingerprint density at radius 3 is 2.21 bits per heavy atom. The first-order valence-electron chi connectivity index (χ1n) is 6.02. The van der Waals surface area contributed by atoms with Crippen molar-refractivity contribution in [3.05, 3.63) is 29.3 Å². The van der Waals surface area contributed by atoms with Gasteiger partial charge >= 0.3 is 11.9 Å². The highest BCUT2D eigenvalue weighted by Crippen LogP contribution is 2.16. The van der Waals surface area contributed by atoms with Crippen molar-refractivity contribution in [2.45, 2.75) is 26.7 Å². The minimum atomic E-state index is -0.451. The molecule has 0 aromatic heterocycles. The fourth-order valence-corrected chi connectivity index (χ4v) is 1.68. The normalized spacial score (nSPS) is 10.1. The van der Waals surface area contributed by atoms with Gasteiger partial charge in [0, 0.05) is 0 Å². The third-order valence-electron chi connectivity index (χ3n) is 2.30. The summed E-state index contributed by atoms with van der Waals surface area (Å²) in [6, 6.07) is 5.54. The Kier molecular flexibility index (Phi) is 6.36. The first-order chi connectivity index (χ1) is 9.01. The standard InChI is InChI=1S/C14H17ClO4/c1-10-7-11(2)9-12(8-10)19-14(17)4-3-13(16)18-6-5-15/h7-9H,3-6H2,1-2H3. The molecule has 1 rings (SSSR count). The molecule has 19 heavy (non-hydrogen) atoms. The average Bonchev–Trinajstić information content (AvgIpc) is 2.32. The van der Waals surface area contributed by atoms with Gasteiger partial charge in [-0.3, -0.25) is 9.59 Å². The van der Waals surface area contributed by atoms with Crippen molar-refractivity contribution < 1.29 is 19.1 Å². The summed E-state index contributed by atoms with van der Waals surface area (Å²) in [5.74, 6) is -0.152. The van der Waals surface area contributed by atoms with Crippen molar-refractivity contribution in [3.8, 4) is 5.75 Å². The molecule has 0 unspecified atom stereocenters. The molecule has 0 aliphatic rings. The van der Waals surface area contributed by atoms with Crippen molar-refractivity contribution in [3.63, 3.8) is 0 Å². The quantitative estimate of drug-likeness (QED) is 0.458. The molecule has 0 bridgehead atoms. The maximum atomic E-state index is 11.6. The second-order valence-corrected chi connectivity index (χ2v) is 4.58. The van der Waals surface area contributed by atoms with Gasteiger partial charge in [-0.25, -0.2) is 0 Å². The minimum absolute atomic E-state index is 0.000516. The largest absolute Gasteiger partial charge is 0.464 e. The van der Waals surface area contributed by atoms with Gasteiger partial charge in [0.15, 0.2) is 0 Å². The molecular formula is C14H17ClO4. The number of alkyl halides is 1. The molecule has 0 spiro atoms. The van der Waals surface area contributed by atoms with Gasteiger partial charge in [-0.1, -0.05) is 6.07 Å². The SMILES string of the molecule is Cc1cc(C)cc(OC(=O)CCC(=O)OCCCl)c1. The van der Waals surface area contributed by atoms with Gasteiger partial charge in [0.25, 0.3) is 0 Å². The van der Waals surface area contributed by atoms with Crippen LogP contribution < -0.4 is 4.74 Å². The highest BCUT2D eigenvalue weighted by Gasteiger charge is 2.10. The van der Waals surface area contributed by atoms with Crippen LogP contribution in [0.2, 0.25) is 0 Å². The van der Waals surface area contributed by atoms with Gasteiger partial charge in [-0.15, -0.1) is 11.6 Å². The van der Waals surface area contributed by atoms with Crippen LogP contribution in [-0.4, -0.2) is 24.4 Å². The number of carbonyl (C=O) groups is 2. The van der Waals surface area contributed by atoms with E-state index in [0.717, 1.165) is 11.1 Å². The molecule has 0 radical (unpaired) electrons. The molecule has 1 aromatic rings. The fourth-order valence-electron chi connectivity index (χ4n) is 1.60. The maximum absolute atomic E-state index is 11.6. The van der Waals surface area contributed by atoms with E-state index < -0.39 is 11.9 Å². The molecule has 0 amide bonds. The van der Waals surface area contributed by atoms with E-state index in [1.54, 1.807) is 12.1 Å². The van der Waals surface area contributed by atoms with E-state index >= 15 is 0 Å². The Hall–Kier alpha value is -1.55. The van der Waals surface area contributed by atoms with E-state index in [1.807, 2.05) is 19.9 Å². The summed E-state index contributed by atoms with van der Waals surface area (Å²) in [6.07, 6.45) is -0.00533. The summed E-state index contributed by atoms with van der Waals surface area (Å²) >= 11 is 5.38. The molecule has 5 heteroatoms. The fraction of sp³-hybridized carbons (Fsp3) is 0.429. The predicted octanol–water partition coefficient (Wildman–Crippen LogP) is 2.77. The summed E-state index contributed by atoms with van der Waals surface area (Å²) in [5, 5.41) is 0. The van der Waals surface area contributed by atoms with Crippen LogP contribution in [0.25, 0.3) is 0 Å². The zero-order valence-corrected chi connectivity index (χ0v) is 11.8. The lowest BCUT2D eigenvalue weighted by atomic mass is 10.1. The number of halogens is 1. The Labute approximate surface area is 117 Å². The highest BCUT2D eigenvalue weighted by molar-refractivity contribution is 6.18. The van der Waals surface area contributed by atoms with Gasteiger partial charge in [0.1, 0.15) is 12.4 Å². The zero-order chi connectivity index (χ0) is 14.3. The van der Waals surface area contributed by atoms with Gasteiger partial charge in [-0.05, 0) is 37.1 Å². The summed E-state index contributed by atoms with van der Waals surface area (Å²) in [5.41, 5.74) is 2.04.